The molecule has 0 radical (unpaired) electrons. The summed E-state index contributed by atoms with van der Waals surface area (Å²) in [5.41, 5.74) is 3.01. The molecule has 0 unspecified atom stereocenters. The highest BCUT2D eigenvalue weighted by Crippen LogP contribution is 2.43. The second-order valence-corrected chi connectivity index (χ2v) is 8.74. The third-order valence-corrected chi connectivity index (χ3v) is 6.60. The van der Waals surface area contributed by atoms with Crippen LogP contribution in [0, 0.1) is 11.7 Å². The van der Waals surface area contributed by atoms with Gasteiger partial charge in [0.1, 0.15) is 11.9 Å². The highest BCUT2D eigenvalue weighted by molar-refractivity contribution is 6.36. The van der Waals surface area contributed by atoms with Crippen LogP contribution in [0.1, 0.15) is 19.3 Å². The number of alkyl halides is 1. The van der Waals surface area contributed by atoms with Gasteiger partial charge in [0.05, 0.1) is 28.2 Å². The third-order valence-electron chi connectivity index (χ3n) is 6.24. The summed E-state index contributed by atoms with van der Waals surface area (Å²) < 4.78 is 30.2. The fourth-order valence-corrected chi connectivity index (χ4v) is 4.78. The van der Waals surface area contributed by atoms with Gasteiger partial charge >= 0.3 is 0 Å². The minimum absolute atomic E-state index is 0.0425. The van der Waals surface area contributed by atoms with Crippen molar-refractivity contribution in [2.24, 2.45) is 5.92 Å². The molecule has 164 valence electrons. The van der Waals surface area contributed by atoms with Gasteiger partial charge in [0.2, 0.25) is 5.91 Å². The van der Waals surface area contributed by atoms with E-state index in [9.17, 15) is 9.18 Å². The monoisotopic (exact) mass is 456 g/mol. The van der Waals surface area contributed by atoms with Crippen LogP contribution in [0.15, 0.2) is 30.6 Å². The van der Waals surface area contributed by atoms with E-state index < -0.39 is 17.9 Å². The SMILES string of the molecule is O=C(Nc1cc2cc(-c3c(Cl)c(F)c(N4CCCC4)c4[nH]ncc34)ccn2n1)[C@@H]1C[C@@H]1F. The first-order valence-corrected chi connectivity index (χ1v) is 10.9. The lowest BCUT2D eigenvalue weighted by Crippen LogP contribution is -2.19. The van der Waals surface area contributed by atoms with Crippen LogP contribution in [-0.4, -0.2) is 45.0 Å². The van der Waals surface area contributed by atoms with Gasteiger partial charge in [0.15, 0.2) is 11.6 Å². The first kappa shape index (κ1) is 19.5. The molecule has 1 aliphatic carbocycles. The van der Waals surface area contributed by atoms with E-state index in [1.54, 1.807) is 29.0 Å². The average molecular weight is 457 g/mol. The molecule has 2 atom stereocenters. The van der Waals surface area contributed by atoms with Gasteiger partial charge in [0, 0.05) is 36.3 Å². The summed E-state index contributed by atoms with van der Waals surface area (Å²) in [6.07, 6.45) is 4.57. The Kier molecular flexibility index (Phi) is 4.36. The normalized spacial score (nSPS) is 20.4. The molecule has 2 fully saturated rings. The third kappa shape index (κ3) is 3.02. The molecule has 1 saturated carbocycles. The van der Waals surface area contributed by atoms with Crippen molar-refractivity contribution in [3.63, 3.8) is 0 Å². The van der Waals surface area contributed by atoms with Crippen molar-refractivity contribution in [2.45, 2.75) is 25.4 Å². The lowest BCUT2D eigenvalue weighted by atomic mass is 10.0. The van der Waals surface area contributed by atoms with E-state index in [0.717, 1.165) is 31.3 Å². The average Bonchev–Trinajstić information content (AvgIpc) is 3.21. The Morgan fingerprint density at radius 3 is 2.81 bits per heavy atom. The molecular weight excluding hydrogens is 438 g/mol. The van der Waals surface area contributed by atoms with Crippen LogP contribution in [0.5, 0.6) is 0 Å². The van der Waals surface area contributed by atoms with Gasteiger partial charge in [0.25, 0.3) is 0 Å². The van der Waals surface area contributed by atoms with E-state index in [0.29, 0.717) is 33.7 Å². The summed E-state index contributed by atoms with van der Waals surface area (Å²) in [7, 11) is 0. The van der Waals surface area contributed by atoms with E-state index in [1.165, 1.54) is 0 Å². The summed E-state index contributed by atoms with van der Waals surface area (Å²) in [6.45, 7) is 1.56. The molecule has 0 spiro atoms. The largest absolute Gasteiger partial charge is 0.367 e. The Morgan fingerprint density at radius 1 is 1.28 bits per heavy atom. The summed E-state index contributed by atoms with van der Waals surface area (Å²) in [5.74, 6) is -1.10. The fraction of sp³-hybridized carbons (Fsp3) is 0.318. The van der Waals surface area contributed by atoms with E-state index in [2.05, 4.69) is 20.6 Å². The second kappa shape index (κ2) is 7.16. The number of halogens is 3. The highest BCUT2D eigenvalue weighted by Gasteiger charge is 2.43. The number of aromatic amines is 1. The van der Waals surface area contributed by atoms with E-state index in [1.807, 2.05) is 11.0 Å². The molecular formula is C22H19ClF2N6O. The molecule has 4 aromatic rings. The molecule has 0 bridgehead atoms. The van der Waals surface area contributed by atoms with Crippen molar-refractivity contribution >= 4 is 45.4 Å². The molecule has 6 rings (SSSR count). The van der Waals surface area contributed by atoms with Crippen LogP contribution in [0.3, 0.4) is 0 Å². The van der Waals surface area contributed by atoms with Crippen LogP contribution in [0.4, 0.5) is 20.3 Å². The zero-order chi connectivity index (χ0) is 22.0. The molecule has 2 N–H and O–H groups in total. The van der Waals surface area contributed by atoms with Crippen molar-refractivity contribution in [2.75, 3.05) is 23.3 Å². The Hall–Kier alpha value is -3.20. The zero-order valence-corrected chi connectivity index (χ0v) is 17.7. The lowest BCUT2D eigenvalue weighted by Gasteiger charge is -2.21. The number of anilines is 2. The van der Waals surface area contributed by atoms with Crippen molar-refractivity contribution in [1.82, 2.24) is 19.8 Å². The molecule has 1 amide bonds. The number of aromatic nitrogens is 4. The number of benzene rings is 1. The maximum Gasteiger partial charge on any atom is 0.231 e. The molecule has 32 heavy (non-hydrogen) atoms. The Bertz CT molecular complexity index is 1380. The molecule has 7 nitrogen and oxygen atoms in total. The molecule has 1 aromatic carbocycles. The first-order valence-electron chi connectivity index (χ1n) is 10.5. The number of rotatable bonds is 4. The smallest absolute Gasteiger partial charge is 0.231 e. The molecule has 10 heteroatoms. The number of amides is 1. The second-order valence-electron chi connectivity index (χ2n) is 8.37. The van der Waals surface area contributed by atoms with Crippen molar-refractivity contribution in [3.05, 3.63) is 41.4 Å². The van der Waals surface area contributed by atoms with Crippen LogP contribution in [0.2, 0.25) is 5.02 Å². The standard InChI is InChI=1S/C22H19ClF2N6O/c23-18-17(14-10-26-28-20(14)21(19(18)25)30-4-1-2-5-30)11-3-6-31-12(7-11)8-16(29-31)27-22(32)13-9-15(13)24/h3,6-8,10,13,15H,1-2,4-5,9H2,(H,26,28)(H,27,29,32)/t13-,15+/m1/s1. The molecule has 1 saturated heterocycles. The number of hydrogen-bond acceptors (Lipinski definition) is 4. The maximum atomic E-state index is 15.5. The maximum absolute atomic E-state index is 15.5. The van der Waals surface area contributed by atoms with Gasteiger partial charge in [-0.2, -0.15) is 10.2 Å². The van der Waals surface area contributed by atoms with Gasteiger partial charge in [-0.1, -0.05) is 11.6 Å². The number of nitrogens with zero attached hydrogens (tertiary/aromatic N) is 4. The number of carbonyl (C=O) groups is 1. The number of fused-ring (bicyclic) bond motifs is 2. The lowest BCUT2D eigenvalue weighted by molar-refractivity contribution is -0.117. The Morgan fingerprint density at radius 2 is 2.06 bits per heavy atom. The minimum Gasteiger partial charge on any atom is -0.367 e. The predicted octanol–water partition coefficient (Wildman–Crippen LogP) is 4.57. The molecule has 3 aromatic heterocycles. The predicted molar refractivity (Wildman–Crippen MR) is 118 cm³/mol. The number of H-pyrrole nitrogens is 1. The summed E-state index contributed by atoms with van der Waals surface area (Å²) in [4.78, 5) is 14.0. The van der Waals surface area contributed by atoms with E-state index in [4.69, 9.17) is 11.6 Å². The van der Waals surface area contributed by atoms with Gasteiger partial charge < -0.3 is 10.2 Å². The van der Waals surface area contributed by atoms with Gasteiger partial charge in [-0.3, -0.25) is 9.89 Å². The molecule has 4 heterocycles. The quantitative estimate of drug-likeness (QED) is 0.471. The van der Waals surface area contributed by atoms with Crippen LogP contribution < -0.4 is 10.2 Å². The van der Waals surface area contributed by atoms with Gasteiger partial charge in [-0.25, -0.2) is 13.3 Å². The van der Waals surface area contributed by atoms with E-state index in [-0.39, 0.29) is 17.4 Å². The first-order chi connectivity index (χ1) is 15.5. The number of nitrogens with one attached hydrogen (secondary N) is 2. The summed E-state index contributed by atoms with van der Waals surface area (Å²) >= 11 is 6.57. The van der Waals surface area contributed by atoms with E-state index >= 15 is 4.39 Å². The van der Waals surface area contributed by atoms with Crippen LogP contribution >= 0.6 is 11.6 Å². The fourth-order valence-electron chi connectivity index (χ4n) is 4.48. The summed E-state index contributed by atoms with van der Waals surface area (Å²) in [6, 6.07) is 5.29. The topological polar surface area (TPSA) is 78.3 Å². The van der Waals surface area contributed by atoms with Gasteiger partial charge in [-0.05, 0) is 37.0 Å². The Labute approximate surface area is 186 Å². The summed E-state index contributed by atoms with van der Waals surface area (Å²) in [5, 5.41) is 14.8. The van der Waals surface area contributed by atoms with Crippen LogP contribution in [0.25, 0.3) is 27.5 Å². The Balaban J connectivity index is 1.42. The van der Waals surface area contributed by atoms with Gasteiger partial charge in [-0.15, -0.1) is 0 Å². The zero-order valence-electron chi connectivity index (χ0n) is 16.9. The van der Waals surface area contributed by atoms with Crippen molar-refractivity contribution in [3.8, 4) is 11.1 Å². The molecule has 2 aliphatic rings. The number of hydrogen-bond donors (Lipinski definition) is 2. The number of carbonyl (C=O) groups excluding carboxylic acids is 1. The number of pyridine rings is 1. The van der Waals surface area contributed by atoms with Crippen molar-refractivity contribution in [1.29, 1.82) is 0 Å². The highest BCUT2D eigenvalue weighted by atomic mass is 35.5. The minimum atomic E-state index is -1.07. The van der Waals surface area contributed by atoms with Crippen molar-refractivity contribution < 1.29 is 13.6 Å². The van der Waals surface area contributed by atoms with Crippen LogP contribution in [-0.2, 0) is 4.79 Å². The molecule has 1 aliphatic heterocycles.